The van der Waals surface area contributed by atoms with Crippen molar-refractivity contribution in [2.24, 2.45) is 5.92 Å². The first-order valence-corrected chi connectivity index (χ1v) is 8.56. The van der Waals surface area contributed by atoms with E-state index in [9.17, 15) is 14.7 Å². The van der Waals surface area contributed by atoms with Crippen LogP contribution in [-0.4, -0.2) is 60.5 Å². The van der Waals surface area contributed by atoms with Crippen LogP contribution in [0.15, 0.2) is 12.7 Å². The van der Waals surface area contributed by atoms with E-state index in [-0.39, 0.29) is 38.1 Å². The Labute approximate surface area is 143 Å². The van der Waals surface area contributed by atoms with Crippen LogP contribution in [0.2, 0.25) is 0 Å². The summed E-state index contributed by atoms with van der Waals surface area (Å²) in [6.07, 6.45) is 5.61. The highest BCUT2D eigenvalue weighted by Gasteiger charge is 2.36. The molecule has 24 heavy (non-hydrogen) atoms. The average molecular weight is 342 g/mol. The molecule has 2 amide bonds. The SMILES string of the molecule is C=CC[C@H](CC(=O)NCCOCCO)C(=O)NC1(CO)CCCC1. The number of carbonyl (C=O) groups is 2. The second-order valence-corrected chi connectivity index (χ2v) is 6.25. The average Bonchev–Trinajstić information content (AvgIpc) is 3.03. The molecular weight excluding hydrogens is 312 g/mol. The molecule has 1 rings (SSSR count). The van der Waals surface area contributed by atoms with E-state index in [1.807, 2.05) is 0 Å². The number of ether oxygens (including phenoxy) is 1. The highest BCUT2D eigenvalue weighted by molar-refractivity contribution is 5.86. The summed E-state index contributed by atoms with van der Waals surface area (Å²) >= 11 is 0. The van der Waals surface area contributed by atoms with Gasteiger partial charge < -0.3 is 25.6 Å². The minimum Gasteiger partial charge on any atom is -0.394 e. The molecule has 0 aromatic heterocycles. The molecule has 7 heteroatoms. The van der Waals surface area contributed by atoms with Crippen LogP contribution in [0.3, 0.4) is 0 Å². The van der Waals surface area contributed by atoms with Gasteiger partial charge in [-0.2, -0.15) is 0 Å². The second kappa shape index (κ2) is 11.2. The molecule has 1 aliphatic rings. The molecule has 7 nitrogen and oxygen atoms in total. The van der Waals surface area contributed by atoms with Gasteiger partial charge in [-0.25, -0.2) is 0 Å². The third kappa shape index (κ3) is 6.98. The lowest BCUT2D eigenvalue weighted by Gasteiger charge is -2.30. The summed E-state index contributed by atoms with van der Waals surface area (Å²) < 4.78 is 5.06. The van der Waals surface area contributed by atoms with Crippen LogP contribution in [0.5, 0.6) is 0 Å². The molecule has 0 aliphatic heterocycles. The van der Waals surface area contributed by atoms with Crippen LogP contribution >= 0.6 is 0 Å². The third-order valence-electron chi connectivity index (χ3n) is 4.31. The van der Waals surface area contributed by atoms with Crippen molar-refractivity contribution >= 4 is 11.8 Å². The van der Waals surface area contributed by atoms with E-state index in [2.05, 4.69) is 17.2 Å². The quantitative estimate of drug-likeness (QED) is 0.297. The van der Waals surface area contributed by atoms with E-state index >= 15 is 0 Å². The fourth-order valence-electron chi connectivity index (χ4n) is 2.95. The normalized spacial score (nSPS) is 17.2. The summed E-state index contributed by atoms with van der Waals surface area (Å²) in [4.78, 5) is 24.5. The fourth-order valence-corrected chi connectivity index (χ4v) is 2.95. The first kappa shape index (κ1) is 20.6. The topological polar surface area (TPSA) is 108 Å². The van der Waals surface area contributed by atoms with Crippen molar-refractivity contribution in [1.29, 1.82) is 0 Å². The maximum absolute atomic E-state index is 12.5. The highest BCUT2D eigenvalue weighted by Crippen LogP contribution is 2.29. The number of aliphatic hydroxyl groups excluding tert-OH is 2. The van der Waals surface area contributed by atoms with Gasteiger partial charge in [0.15, 0.2) is 0 Å². The predicted molar refractivity (Wildman–Crippen MR) is 90.3 cm³/mol. The predicted octanol–water partition coefficient (Wildman–Crippen LogP) is 0.115. The summed E-state index contributed by atoms with van der Waals surface area (Å²) in [5.41, 5.74) is -0.537. The number of carbonyl (C=O) groups excluding carboxylic acids is 2. The van der Waals surface area contributed by atoms with Gasteiger partial charge in [0.1, 0.15) is 0 Å². The summed E-state index contributed by atoms with van der Waals surface area (Å²) in [6.45, 7) is 4.41. The van der Waals surface area contributed by atoms with Gasteiger partial charge in [0, 0.05) is 13.0 Å². The van der Waals surface area contributed by atoms with Crippen LogP contribution < -0.4 is 10.6 Å². The summed E-state index contributed by atoms with van der Waals surface area (Å²) in [6, 6.07) is 0. The standard InChI is InChI=1S/C17H30N2O5/c1-2-5-14(12-15(22)18-8-10-24-11-9-20)16(23)19-17(13-21)6-3-4-7-17/h2,14,20-21H,1,3-13H2,(H,18,22)(H,19,23)/t14-/m1/s1. The van der Waals surface area contributed by atoms with Crippen molar-refractivity contribution in [3.05, 3.63) is 12.7 Å². The number of hydrogen-bond acceptors (Lipinski definition) is 5. The molecule has 1 saturated carbocycles. The van der Waals surface area contributed by atoms with Crippen molar-refractivity contribution in [2.75, 3.05) is 33.0 Å². The number of allylic oxidation sites excluding steroid dienone is 1. The second-order valence-electron chi connectivity index (χ2n) is 6.25. The Morgan fingerprint density at radius 3 is 2.54 bits per heavy atom. The lowest BCUT2D eigenvalue weighted by atomic mass is 9.94. The molecule has 138 valence electrons. The third-order valence-corrected chi connectivity index (χ3v) is 4.31. The highest BCUT2D eigenvalue weighted by atomic mass is 16.5. The maximum atomic E-state index is 12.5. The van der Waals surface area contributed by atoms with E-state index < -0.39 is 11.5 Å². The van der Waals surface area contributed by atoms with Gasteiger partial charge in [0.2, 0.25) is 11.8 Å². The van der Waals surface area contributed by atoms with Crippen LogP contribution in [0.4, 0.5) is 0 Å². The van der Waals surface area contributed by atoms with Crippen LogP contribution in [0.25, 0.3) is 0 Å². The molecule has 4 N–H and O–H groups in total. The zero-order valence-electron chi connectivity index (χ0n) is 14.3. The van der Waals surface area contributed by atoms with Crippen molar-refractivity contribution < 1.29 is 24.5 Å². The Bertz CT molecular complexity index is 408. The Hall–Kier alpha value is -1.44. The molecule has 0 aromatic rings. The minimum atomic E-state index is -0.537. The van der Waals surface area contributed by atoms with Crippen LogP contribution in [0, 0.1) is 5.92 Å². The number of aliphatic hydroxyl groups is 2. The first-order chi connectivity index (χ1) is 11.6. The van der Waals surface area contributed by atoms with E-state index in [1.54, 1.807) is 6.08 Å². The molecular formula is C17H30N2O5. The van der Waals surface area contributed by atoms with Gasteiger partial charge in [-0.1, -0.05) is 18.9 Å². The number of rotatable bonds is 12. The minimum absolute atomic E-state index is 0.0534. The lowest BCUT2D eigenvalue weighted by molar-refractivity contribution is -0.132. The summed E-state index contributed by atoms with van der Waals surface area (Å²) in [5, 5.41) is 23.8. The monoisotopic (exact) mass is 342 g/mol. The van der Waals surface area contributed by atoms with Gasteiger partial charge in [0.05, 0.1) is 37.9 Å². The van der Waals surface area contributed by atoms with Crippen LogP contribution in [-0.2, 0) is 14.3 Å². The maximum Gasteiger partial charge on any atom is 0.224 e. The van der Waals surface area contributed by atoms with Crippen LogP contribution in [0.1, 0.15) is 38.5 Å². The number of nitrogens with one attached hydrogen (secondary N) is 2. The van der Waals surface area contributed by atoms with Crippen molar-refractivity contribution in [1.82, 2.24) is 10.6 Å². The molecule has 0 heterocycles. The zero-order chi connectivity index (χ0) is 17.8. The number of amides is 2. The van der Waals surface area contributed by atoms with E-state index in [4.69, 9.17) is 9.84 Å². The molecule has 1 aliphatic carbocycles. The van der Waals surface area contributed by atoms with Gasteiger partial charge in [-0.15, -0.1) is 6.58 Å². The molecule has 0 aromatic carbocycles. The largest absolute Gasteiger partial charge is 0.394 e. The Morgan fingerprint density at radius 2 is 1.96 bits per heavy atom. The van der Waals surface area contributed by atoms with Crippen molar-refractivity contribution in [3.63, 3.8) is 0 Å². The number of hydrogen-bond donors (Lipinski definition) is 4. The van der Waals surface area contributed by atoms with E-state index in [0.29, 0.717) is 19.6 Å². The fraction of sp³-hybridized carbons (Fsp3) is 0.765. The molecule has 1 fully saturated rings. The van der Waals surface area contributed by atoms with Gasteiger partial charge in [-0.05, 0) is 19.3 Å². The summed E-state index contributed by atoms with van der Waals surface area (Å²) in [7, 11) is 0. The molecule has 0 bridgehead atoms. The Kier molecular flexibility index (Phi) is 9.59. The lowest BCUT2D eigenvalue weighted by Crippen LogP contribution is -2.51. The summed E-state index contributed by atoms with van der Waals surface area (Å²) in [5.74, 6) is -0.934. The smallest absolute Gasteiger partial charge is 0.224 e. The Balaban J connectivity index is 2.45. The van der Waals surface area contributed by atoms with Crippen molar-refractivity contribution in [3.8, 4) is 0 Å². The molecule has 0 radical (unpaired) electrons. The van der Waals surface area contributed by atoms with Gasteiger partial charge >= 0.3 is 0 Å². The van der Waals surface area contributed by atoms with Crippen molar-refractivity contribution in [2.45, 2.75) is 44.1 Å². The molecule has 1 atom stereocenters. The van der Waals surface area contributed by atoms with E-state index in [1.165, 1.54) is 0 Å². The Morgan fingerprint density at radius 1 is 1.25 bits per heavy atom. The zero-order valence-corrected chi connectivity index (χ0v) is 14.3. The van der Waals surface area contributed by atoms with Gasteiger partial charge in [0.25, 0.3) is 0 Å². The van der Waals surface area contributed by atoms with Gasteiger partial charge in [-0.3, -0.25) is 9.59 Å². The molecule has 0 spiro atoms. The van der Waals surface area contributed by atoms with E-state index in [0.717, 1.165) is 25.7 Å². The molecule has 0 unspecified atom stereocenters. The molecule has 0 saturated heterocycles. The first-order valence-electron chi connectivity index (χ1n) is 8.56.